The van der Waals surface area contributed by atoms with E-state index in [4.69, 9.17) is 0 Å². The van der Waals surface area contributed by atoms with E-state index in [0.717, 1.165) is 22.4 Å². The number of hydrogen-bond donors (Lipinski definition) is 1. The van der Waals surface area contributed by atoms with Gasteiger partial charge in [0.05, 0.1) is 11.4 Å². The monoisotopic (exact) mass is 265 g/mol. The summed E-state index contributed by atoms with van der Waals surface area (Å²) in [6.45, 7) is 0.816. The Bertz CT molecular complexity index is 433. The van der Waals surface area contributed by atoms with Crippen LogP contribution in [0.1, 0.15) is 5.69 Å². The number of benzene rings is 1. The molecule has 0 fully saturated rings. The van der Waals surface area contributed by atoms with Gasteiger partial charge in [-0.2, -0.15) is 5.10 Å². The Morgan fingerprint density at radius 3 is 2.67 bits per heavy atom. The van der Waals surface area contributed by atoms with Crippen LogP contribution in [0.25, 0.3) is 5.69 Å². The summed E-state index contributed by atoms with van der Waals surface area (Å²) in [4.78, 5) is 0. The first kappa shape index (κ1) is 10.4. The van der Waals surface area contributed by atoms with Crippen LogP contribution in [-0.2, 0) is 6.54 Å². The Hall–Kier alpha value is -1.13. The zero-order valence-corrected chi connectivity index (χ0v) is 10.0. The first-order valence-corrected chi connectivity index (χ1v) is 5.54. The summed E-state index contributed by atoms with van der Waals surface area (Å²) in [5.74, 6) is 0. The van der Waals surface area contributed by atoms with Crippen molar-refractivity contribution in [1.29, 1.82) is 0 Å². The van der Waals surface area contributed by atoms with Crippen molar-refractivity contribution in [2.75, 3.05) is 7.05 Å². The molecule has 1 N–H and O–H groups in total. The fourth-order valence-electron chi connectivity index (χ4n) is 1.46. The Labute approximate surface area is 97.2 Å². The highest BCUT2D eigenvalue weighted by atomic mass is 79.9. The number of nitrogens with one attached hydrogen (secondary N) is 1. The van der Waals surface area contributed by atoms with Crippen LogP contribution in [0.15, 0.2) is 41.0 Å². The topological polar surface area (TPSA) is 29.9 Å². The molecule has 0 spiro atoms. The average molecular weight is 266 g/mol. The van der Waals surface area contributed by atoms with Gasteiger partial charge in [0, 0.05) is 17.2 Å². The number of hydrogen-bond acceptors (Lipinski definition) is 2. The Balaban J connectivity index is 2.36. The van der Waals surface area contributed by atoms with Gasteiger partial charge < -0.3 is 5.32 Å². The van der Waals surface area contributed by atoms with E-state index in [1.54, 1.807) is 0 Å². The van der Waals surface area contributed by atoms with Crippen LogP contribution in [0.2, 0.25) is 0 Å². The molecule has 3 nitrogen and oxygen atoms in total. The molecule has 2 aromatic rings. The predicted octanol–water partition coefficient (Wildman–Crippen LogP) is 2.35. The zero-order chi connectivity index (χ0) is 10.7. The second-order valence-electron chi connectivity index (χ2n) is 3.24. The van der Waals surface area contributed by atoms with Crippen LogP contribution < -0.4 is 5.32 Å². The van der Waals surface area contributed by atoms with Gasteiger partial charge in [-0.15, -0.1) is 0 Å². The van der Waals surface area contributed by atoms with Crippen molar-refractivity contribution in [3.05, 3.63) is 46.7 Å². The van der Waals surface area contributed by atoms with Gasteiger partial charge in [-0.25, -0.2) is 4.68 Å². The molecule has 1 aromatic heterocycles. The van der Waals surface area contributed by atoms with Gasteiger partial charge in [0.1, 0.15) is 0 Å². The van der Waals surface area contributed by atoms with E-state index in [9.17, 15) is 0 Å². The van der Waals surface area contributed by atoms with E-state index >= 15 is 0 Å². The van der Waals surface area contributed by atoms with Crippen molar-refractivity contribution in [2.45, 2.75) is 6.54 Å². The van der Waals surface area contributed by atoms with Crippen LogP contribution in [0.3, 0.4) is 0 Å². The molecular formula is C11H12BrN3. The smallest absolute Gasteiger partial charge is 0.0650 e. The maximum absolute atomic E-state index is 4.30. The van der Waals surface area contributed by atoms with E-state index in [0.29, 0.717) is 0 Å². The fraction of sp³-hybridized carbons (Fsp3) is 0.182. The van der Waals surface area contributed by atoms with Crippen molar-refractivity contribution in [3.8, 4) is 5.69 Å². The Kier molecular flexibility index (Phi) is 3.18. The van der Waals surface area contributed by atoms with Crippen molar-refractivity contribution in [3.63, 3.8) is 0 Å². The van der Waals surface area contributed by atoms with Crippen LogP contribution >= 0.6 is 15.9 Å². The van der Waals surface area contributed by atoms with Crippen LogP contribution in [-0.4, -0.2) is 16.8 Å². The number of nitrogens with zero attached hydrogens (tertiary/aromatic N) is 2. The number of aromatic nitrogens is 2. The molecule has 0 radical (unpaired) electrons. The standard InChI is InChI=1S/C11H12BrN3/c1-13-8-11-6-7-14-15(11)10-4-2-9(12)3-5-10/h2-7,13H,8H2,1H3. The highest BCUT2D eigenvalue weighted by Crippen LogP contribution is 2.15. The molecule has 0 aliphatic carbocycles. The van der Waals surface area contributed by atoms with Gasteiger partial charge in [0.2, 0.25) is 0 Å². The van der Waals surface area contributed by atoms with Crippen LogP contribution in [0, 0.1) is 0 Å². The van der Waals surface area contributed by atoms with E-state index < -0.39 is 0 Å². The lowest BCUT2D eigenvalue weighted by Gasteiger charge is -2.06. The lowest BCUT2D eigenvalue weighted by molar-refractivity contribution is 0.729. The molecule has 0 atom stereocenters. The van der Waals surface area contributed by atoms with Crippen molar-refractivity contribution >= 4 is 15.9 Å². The van der Waals surface area contributed by atoms with Gasteiger partial charge in [0.25, 0.3) is 0 Å². The summed E-state index contributed by atoms with van der Waals surface area (Å²) in [6.07, 6.45) is 1.81. The minimum absolute atomic E-state index is 0.816. The lowest BCUT2D eigenvalue weighted by Crippen LogP contribution is -2.10. The third-order valence-electron chi connectivity index (χ3n) is 2.15. The third-order valence-corrected chi connectivity index (χ3v) is 2.68. The first-order chi connectivity index (χ1) is 7.31. The molecule has 0 unspecified atom stereocenters. The van der Waals surface area contributed by atoms with Gasteiger partial charge >= 0.3 is 0 Å². The molecule has 0 aliphatic rings. The van der Waals surface area contributed by atoms with Crippen LogP contribution in [0.4, 0.5) is 0 Å². The first-order valence-electron chi connectivity index (χ1n) is 4.74. The predicted molar refractivity (Wildman–Crippen MR) is 64.0 cm³/mol. The molecule has 15 heavy (non-hydrogen) atoms. The van der Waals surface area contributed by atoms with Crippen molar-refractivity contribution < 1.29 is 0 Å². The summed E-state index contributed by atoms with van der Waals surface area (Å²) >= 11 is 3.42. The largest absolute Gasteiger partial charge is 0.314 e. The molecule has 1 heterocycles. The maximum atomic E-state index is 4.30. The van der Waals surface area contributed by atoms with Crippen molar-refractivity contribution in [2.24, 2.45) is 0 Å². The average Bonchev–Trinajstić information content (AvgIpc) is 2.68. The minimum atomic E-state index is 0.816. The molecule has 1 aromatic carbocycles. The van der Waals surface area contributed by atoms with E-state index in [2.05, 4.69) is 26.3 Å². The second kappa shape index (κ2) is 4.59. The van der Waals surface area contributed by atoms with E-state index in [1.807, 2.05) is 48.3 Å². The Morgan fingerprint density at radius 2 is 2.00 bits per heavy atom. The number of rotatable bonds is 3. The van der Waals surface area contributed by atoms with Gasteiger partial charge in [-0.3, -0.25) is 0 Å². The minimum Gasteiger partial charge on any atom is -0.314 e. The molecule has 78 valence electrons. The molecular weight excluding hydrogens is 254 g/mol. The fourth-order valence-corrected chi connectivity index (χ4v) is 1.72. The SMILES string of the molecule is CNCc1ccnn1-c1ccc(Br)cc1. The highest BCUT2D eigenvalue weighted by molar-refractivity contribution is 9.10. The summed E-state index contributed by atoms with van der Waals surface area (Å²) in [5, 5.41) is 7.42. The molecule has 0 saturated heterocycles. The molecule has 0 aliphatic heterocycles. The molecule has 4 heteroatoms. The van der Waals surface area contributed by atoms with Crippen molar-refractivity contribution in [1.82, 2.24) is 15.1 Å². The summed E-state index contributed by atoms with van der Waals surface area (Å²) < 4.78 is 3.01. The quantitative estimate of drug-likeness (QED) is 0.924. The summed E-state index contributed by atoms with van der Waals surface area (Å²) in [5.41, 5.74) is 2.23. The lowest BCUT2D eigenvalue weighted by atomic mass is 10.3. The molecule has 2 rings (SSSR count). The zero-order valence-electron chi connectivity index (χ0n) is 8.44. The molecule has 0 bridgehead atoms. The van der Waals surface area contributed by atoms with E-state index in [-0.39, 0.29) is 0 Å². The maximum Gasteiger partial charge on any atom is 0.0650 e. The number of halogens is 1. The van der Waals surface area contributed by atoms with Gasteiger partial charge in [-0.05, 0) is 37.4 Å². The van der Waals surface area contributed by atoms with Gasteiger partial charge in [0.15, 0.2) is 0 Å². The summed E-state index contributed by atoms with van der Waals surface area (Å²) in [6, 6.07) is 10.1. The van der Waals surface area contributed by atoms with Gasteiger partial charge in [-0.1, -0.05) is 15.9 Å². The van der Waals surface area contributed by atoms with E-state index in [1.165, 1.54) is 0 Å². The van der Waals surface area contributed by atoms with Crippen LogP contribution in [0.5, 0.6) is 0 Å². The highest BCUT2D eigenvalue weighted by Gasteiger charge is 2.03. The summed E-state index contributed by atoms with van der Waals surface area (Å²) in [7, 11) is 1.93. The normalized spacial score (nSPS) is 10.5. The second-order valence-corrected chi connectivity index (χ2v) is 4.16. The molecule has 0 amide bonds. The third kappa shape index (κ3) is 2.27. The Morgan fingerprint density at radius 1 is 1.27 bits per heavy atom. The molecule has 0 saturated carbocycles.